The first-order valence-corrected chi connectivity index (χ1v) is 9.49. The SMILES string of the molecule is ClCc1nc2cccnc2n1C[C@H]1CCCN(Cc2ccccc2)C1. The van der Waals surface area contributed by atoms with Gasteiger partial charge < -0.3 is 4.57 Å². The van der Waals surface area contributed by atoms with E-state index in [1.54, 1.807) is 0 Å². The van der Waals surface area contributed by atoms with E-state index in [-0.39, 0.29) is 0 Å². The first-order chi connectivity index (χ1) is 12.3. The number of hydrogen-bond donors (Lipinski definition) is 0. The maximum atomic E-state index is 6.14. The summed E-state index contributed by atoms with van der Waals surface area (Å²) in [6, 6.07) is 14.7. The predicted octanol–water partition coefficient (Wildman–Crippen LogP) is 4.08. The van der Waals surface area contributed by atoms with Crippen LogP contribution in [-0.2, 0) is 19.0 Å². The minimum absolute atomic E-state index is 0.427. The van der Waals surface area contributed by atoms with Crippen LogP contribution in [0.25, 0.3) is 11.2 Å². The summed E-state index contributed by atoms with van der Waals surface area (Å²) in [6.45, 7) is 4.27. The van der Waals surface area contributed by atoms with Crippen molar-refractivity contribution in [2.45, 2.75) is 31.8 Å². The van der Waals surface area contributed by atoms with Crippen LogP contribution in [0.2, 0.25) is 0 Å². The smallest absolute Gasteiger partial charge is 0.160 e. The summed E-state index contributed by atoms with van der Waals surface area (Å²) in [5, 5.41) is 0. The number of alkyl halides is 1. The molecule has 0 N–H and O–H groups in total. The highest BCUT2D eigenvalue weighted by Gasteiger charge is 2.22. The summed E-state index contributed by atoms with van der Waals surface area (Å²) < 4.78 is 2.22. The normalized spacial score (nSPS) is 18.7. The molecule has 0 spiro atoms. The fraction of sp³-hybridized carbons (Fsp3) is 0.400. The largest absolute Gasteiger partial charge is 0.311 e. The van der Waals surface area contributed by atoms with E-state index in [1.807, 2.05) is 18.3 Å². The van der Waals surface area contributed by atoms with Gasteiger partial charge in [0.25, 0.3) is 0 Å². The number of halogens is 1. The molecule has 1 aliphatic rings. The molecule has 1 atom stereocenters. The van der Waals surface area contributed by atoms with E-state index >= 15 is 0 Å². The van der Waals surface area contributed by atoms with Crippen LogP contribution in [0.5, 0.6) is 0 Å². The third-order valence-corrected chi connectivity index (χ3v) is 5.23. The molecule has 0 radical (unpaired) electrons. The van der Waals surface area contributed by atoms with Crippen molar-refractivity contribution in [3.8, 4) is 0 Å². The maximum absolute atomic E-state index is 6.14. The number of piperidine rings is 1. The first-order valence-electron chi connectivity index (χ1n) is 8.96. The van der Waals surface area contributed by atoms with E-state index in [4.69, 9.17) is 11.6 Å². The van der Waals surface area contributed by atoms with Crippen LogP contribution in [0.4, 0.5) is 0 Å². The lowest BCUT2D eigenvalue weighted by Gasteiger charge is -2.33. The second-order valence-electron chi connectivity index (χ2n) is 6.85. The highest BCUT2D eigenvalue weighted by atomic mass is 35.5. The van der Waals surface area contributed by atoms with Gasteiger partial charge in [0.15, 0.2) is 5.65 Å². The van der Waals surface area contributed by atoms with Gasteiger partial charge in [0.2, 0.25) is 0 Å². The number of aromatic nitrogens is 3. The average Bonchev–Trinajstić information content (AvgIpc) is 3.01. The Morgan fingerprint density at radius 1 is 1.12 bits per heavy atom. The van der Waals surface area contributed by atoms with Crippen molar-refractivity contribution in [2.75, 3.05) is 13.1 Å². The summed E-state index contributed by atoms with van der Waals surface area (Å²) in [7, 11) is 0. The van der Waals surface area contributed by atoms with Crippen molar-refractivity contribution < 1.29 is 0 Å². The van der Waals surface area contributed by atoms with Gasteiger partial charge in [0.1, 0.15) is 11.3 Å². The average molecular weight is 355 g/mol. The van der Waals surface area contributed by atoms with Crippen molar-refractivity contribution in [3.05, 3.63) is 60.0 Å². The minimum Gasteiger partial charge on any atom is -0.311 e. The maximum Gasteiger partial charge on any atom is 0.160 e. The zero-order chi connectivity index (χ0) is 17.1. The van der Waals surface area contributed by atoms with Crippen LogP contribution in [-0.4, -0.2) is 32.5 Å². The molecule has 1 fully saturated rings. The second kappa shape index (κ2) is 7.54. The lowest BCUT2D eigenvalue weighted by molar-refractivity contribution is 0.156. The molecule has 0 amide bonds. The van der Waals surface area contributed by atoms with Gasteiger partial charge in [-0.15, -0.1) is 11.6 Å². The molecule has 4 rings (SSSR count). The van der Waals surface area contributed by atoms with E-state index in [1.165, 1.54) is 24.9 Å². The van der Waals surface area contributed by atoms with Gasteiger partial charge >= 0.3 is 0 Å². The Morgan fingerprint density at radius 3 is 2.84 bits per heavy atom. The van der Waals surface area contributed by atoms with Crippen molar-refractivity contribution in [2.24, 2.45) is 5.92 Å². The molecule has 0 bridgehead atoms. The lowest BCUT2D eigenvalue weighted by atomic mass is 9.97. The van der Waals surface area contributed by atoms with Crippen molar-refractivity contribution in [1.82, 2.24) is 19.4 Å². The van der Waals surface area contributed by atoms with Gasteiger partial charge in [-0.25, -0.2) is 9.97 Å². The quantitative estimate of drug-likeness (QED) is 0.647. The summed E-state index contributed by atoms with van der Waals surface area (Å²) in [5.74, 6) is 1.96. The number of nitrogens with zero attached hydrogens (tertiary/aromatic N) is 4. The highest BCUT2D eigenvalue weighted by Crippen LogP contribution is 2.23. The number of likely N-dealkylation sites (tertiary alicyclic amines) is 1. The molecule has 3 heterocycles. The molecule has 3 aromatic rings. The fourth-order valence-electron chi connectivity index (χ4n) is 3.84. The molecule has 25 heavy (non-hydrogen) atoms. The number of imidazole rings is 1. The Labute approximate surface area is 153 Å². The van der Waals surface area contributed by atoms with E-state index in [0.29, 0.717) is 11.8 Å². The van der Waals surface area contributed by atoms with E-state index in [9.17, 15) is 0 Å². The second-order valence-corrected chi connectivity index (χ2v) is 7.11. The molecule has 0 aliphatic carbocycles. The fourth-order valence-corrected chi connectivity index (χ4v) is 4.05. The Bertz CT molecular complexity index is 830. The number of hydrogen-bond acceptors (Lipinski definition) is 3. The van der Waals surface area contributed by atoms with E-state index < -0.39 is 0 Å². The molecule has 1 saturated heterocycles. The monoisotopic (exact) mass is 354 g/mol. The number of rotatable bonds is 5. The summed E-state index contributed by atoms with van der Waals surface area (Å²) >= 11 is 6.14. The Hall–Kier alpha value is -1.91. The van der Waals surface area contributed by atoms with Gasteiger partial charge in [-0.05, 0) is 43.0 Å². The van der Waals surface area contributed by atoms with Crippen molar-refractivity contribution in [3.63, 3.8) is 0 Å². The summed E-state index contributed by atoms with van der Waals surface area (Å²) in [5.41, 5.74) is 3.28. The van der Waals surface area contributed by atoms with E-state index in [2.05, 4.69) is 49.8 Å². The molecular formula is C20H23ClN4. The van der Waals surface area contributed by atoms with Gasteiger partial charge in [-0.2, -0.15) is 0 Å². The number of pyridine rings is 1. The van der Waals surface area contributed by atoms with Crippen molar-refractivity contribution >= 4 is 22.8 Å². The van der Waals surface area contributed by atoms with Gasteiger partial charge in [-0.1, -0.05) is 30.3 Å². The summed E-state index contributed by atoms with van der Waals surface area (Å²) in [4.78, 5) is 11.7. The number of fused-ring (bicyclic) bond motifs is 1. The zero-order valence-corrected chi connectivity index (χ0v) is 15.1. The van der Waals surface area contributed by atoms with Crippen LogP contribution in [0.15, 0.2) is 48.7 Å². The zero-order valence-electron chi connectivity index (χ0n) is 14.3. The van der Waals surface area contributed by atoms with Crippen LogP contribution in [0.3, 0.4) is 0 Å². The molecule has 130 valence electrons. The topological polar surface area (TPSA) is 34.0 Å². The Balaban J connectivity index is 1.49. The number of benzene rings is 1. The Kier molecular flexibility index (Phi) is 4.99. The standard InChI is InChI=1S/C20H23ClN4/c21-12-19-23-18-9-4-10-22-20(18)25(19)15-17-8-5-11-24(14-17)13-16-6-2-1-3-7-16/h1-4,6-7,9-10,17H,5,8,11-15H2/t17-/m0/s1. The lowest BCUT2D eigenvalue weighted by Crippen LogP contribution is -2.36. The van der Waals surface area contributed by atoms with Crippen LogP contribution >= 0.6 is 11.6 Å². The molecule has 1 aliphatic heterocycles. The third-order valence-electron chi connectivity index (χ3n) is 5.00. The predicted molar refractivity (Wildman–Crippen MR) is 102 cm³/mol. The molecule has 2 aromatic heterocycles. The molecular weight excluding hydrogens is 332 g/mol. The first kappa shape index (κ1) is 16.6. The Morgan fingerprint density at radius 2 is 2.00 bits per heavy atom. The molecule has 1 aromatic carbocycles. The summed E-state index contributed by atoms with van der Waals surface area (Å²) in [6.07, 6.45) is 4.33. The third kappa shape index (κ3) is 3.70. The molecule has 5 heteroatoms. The van der Waals surface area contributed by atoms with Gasteiger partial charge in [0, 0.05) is 25.8 Å². The van der Waals surface area contributed by atoms with E-state index in [0.717, 1.165) is 36.6 Å². The molecule has 4 nitrogen and oxygen atoms in total. The van der Waals surface area contributed by atoms with Crippen molar-refractivity contribution in [1.29, 1.82) is 0 Å². The van der Waals surface area contributed by atoms with Crippen LogP contribution < -0.4 is 0 Å². The minimum atomic E-state index is 0.427. The highest BCUT2D eigenvalue weighted by molar-refractivity contribution is 6.16. The van der Waals surface area contributed by atoms with Crippen LogP contribution in [0, 0.1) is 5.92 Å². The molecule has 0 unspecified atom stereocenters. The molecule has 0 saturated carbocycles. The van der Waals surface area contributed by atoms with Gasteiger partial charge in [-0.3, -0.25) is 4.90 Å². The van der Waals surface area contributed by atoms with Crippen LogP contribution in [0.1, 0.15) is 24.2 Å². The van der Waals surface area contributed by atoms with Gasteiger partial charge in [0.05, 0.1) is 5.88 Å².